The van der Waals surface area contributed by atoms with Crippen molar-refractivity contribution in [1.82, 2.24) is 5.32 Å². The highest BCUT2D eigenvalue weighted by Crippen LogP contribution is 2.18. The van der Waals surface area contributed by atoms with Crippen LogP contribution in [-0.4, -0.2) is 34.9 Å². The van der Waals surface area contributed by atoms with E-state index in [4.69, 9.17) is 0 Å². The topological polar surface area (TPSA) is 69.6 Å². The average molecular weight is 806 g/mol. The van der Waals surface area contributed by atoms with Gasteiger partial charge in [0.25, 0.3) is 0 Å². The fourth-order valence-corrected chi connectivity index (χ4v) is 8.78. The van der Waals surface area contributed by atoms with Crippen LogP contribution in [0.15, 0.2) is 0 Å². The lowest BCUT2D eigenvalue weighted by Gasteiger charge is -2.22. The van der Waals surface area contributed by atoms with E-state index in [2.05, 4.69) is 19.2 Å². The molecule has 57 heavy (non-hydrogen) atoms. The van der Waals surface area contributed by atoms with Crippen molar-refractivity contribution in [3.05, 3.63) is 0 Å². The van der Waals surface area contributed by atoms with Crippen LogP contribution in [0.5, 0.6) is 0 Å². The number of nitrogens with one attached hydrogen (secondary N) is 1. The van der Waals surface area contributed by atoms with E-state index in [-0.39, 0.29) is 12.5 Å². The van der Waals surface area contributed by atoms with Crippen LogP contribution in [-0.2, 0) is 4.79 Å². The second kappa shape index (κ2) is 49.8. The fourth-order valence-electron chi connectivity index (χ4n) is 8.78. The summed E-state index contributed by atoms with van der Waals surface area (Å²) in [6.45, 7) is 4.36. The molecule has 0 aliphatic heterocycles. The first-order chi connectivity index (χ1) is 28.2. The summed E-state index contributed by atoms with van der Waals surface area (Å²) in [4.78, 5) is 12.4. The van der Waals surface area contributed by atoms with Gasteiger partial charge in [-0.25, -0.2) is 0 Å². The summed E-state index contributed by atoms with van der Waals surface area (Å²) in [7, 11) is 0. The van der Waals surface area contributed by atoms with E-state index in [9.17, 15) is 15.0 Å². The molecule has 0 aliphatic rings. The number of aliphatic hydroxyl groups excluding tert-OH is 2. The van der Waals surface area contributed by atoms with Gasteiger partial charge in [0.05, 0.1) is 18.8 Å². The SMILES string of the molecule is CCCCCCCCCCCCCCCCCCCCCCCCCCCCCCCCCCCCCCCC(=O)NC(CO)C(O)CCCCCCCCCC. The van der Waals surface area contributed by atoms with Crippen LogP contribution in [0.2, 0.25) is 0 Å². The van der Waals surface area contributed by atoms with Gasteiger partial charge in [0, 0.05) is 6.42 Å². The molecule has 0 aromatic rings. The molecule has 342 valence electrons. The highest BCUT2D eigenvalue weighted by atomic mass is 16.3. The Morgan fingerprint density at radius 3 is 0.789 bits per heavy atom. The van der Waals surface area contributed by atoms with Crippen LogP contribution in [0, 0.1) is 0 Å². The van der Waals surface area contributed by atoms with Gasteiger partial charge in [0.1, 0.15) is 0 Å². The Morgan fingerprint density at radius 2 is 0.561 bits per heavy atom. The first-order valence-electron chi connectivity index (χ1n) is 26.7. The van der Waals surface area contributed by atoms with Crippen molar-refractivity contribution in [3.8, 4) is 0 Å². The van der Waals surface area contributed by atoms with E-state index in [1.807, 2.05) is 0 Å². The maximum Gasteiger partial charge on any atom is 0.220 e. The van der Waals surface area contributed by atoms with E-state index in [0.29, 0.717) is 12.8 Å². The molecule has 0 fully saturated rings. The van der Waals surface area contributed by atoms with Crippen molar-refractivity contribution >= 4 is 5.91 Å². The first kappa shape index (κ1) is 56.4. The molecule has 0 saturated heterocycles. The molecular formula is C53H107NO3. The quantitative estimate of drug-likeness (QED) is 0.0536. The van der Waals surface area contributed by atoms with Gasteiger partial charge in [0.15, 0.2) is 0 Å². The standard InChI is InChI=1S/C53H107NO3/c1-3-5-7-9-11-13-14-15-16-17-18-19-20-21-22-23-24-25-26-27-28-29-30-31-32-33-34-35-36-37-38-39-40-41-43-45-47-49-53(57)54-51(50-55)52(56)48-46-44-42-12-10-8-6-4-2/h51-52,55-56H,3-50H2,1-2H3,(H,54,57). The molecule has 2 atom stereocenters. The lowest BCUT2D eigenvalue weighted by atomic mass is 10.0. The third-order valence-electron chi connectivity index (χ3n) is 12.9. The van der Waals surface area contributed by atoms with Crippen molar-refractivity contribution in [1.29, 1.82) is 0 Å². The molecule has 0 aliphatic carbocycles. The van der Waals surface area contributed by atoms with Gasteiger partial charge >= 0.3 is 0 Å². The van der Waals surface area contributed by atoms with Gasteiger partial charge in [0.2, 0.25) is 5.91 Å². The average Bonchev–Trinajstić information content (AvgIpc) is 3.22. The molecule has 0 aromatic heterocycles. The van der Waals surface area contributed by atoms with Crippen molar-refractivity contribution in [2.45, 2.75) is 328 Å². The molecule has 0 spiro atoms. The fraction of sp³-hybridized carbons (Fsp3) is 0.981. The predicted molar refractivity (Wildman–Crippen MR) is 253 cm³/mol. The number of carbonyl (C=O) groups is 1. The molecule has 1 amide bonds. The number of hydrogen-bond acceptors (Lipinski definition) is 3. The van der Waals surface area contributed by atoms with Crippen molar-refractivity contribution in [2.24, 2.45) is 0 Å². The Bertz CT molecular complexity index is 744. The zero-order chi connectivity index (χ0) is 41.4. The van der Waals surface area contributed by atoms with Gasteiger partial charge in [-0.05, 0) is 12.8 Å². The van der Waals surface area contributed by atoms with Gasteiger partial charge in [-0.15, -0.1) is 0 Å². The van der Waals surface area contributed by atoms with E-state index >= 15 is 0 Å². The van der Waals surface area contributed by atoms with E-state index in [0.717, 1.165) is 25.7 Å². The van der Waals surface area contributed by atoms with Gasteiger partial charge in [-0.3, -0.25) is 4.79 Å². The Labute approximate surface area is 359 Å². The third-order valence-corrected chi connectivity index (χ3v) is 12.9. The van der Waals surface area contributed by atoms with Crippen LogP contribution < -0.4 is 5.32 Å². The van der Waals surface area contributed by atoms with Crippen LogP contribution in [0.25, 0.3) is 0 Å². The molecule has 0 rings (SSSR count). The molecule has 0 bridgehead atoms. The summed E-state index contributed by atoms with van der Waals surface area (Å²) in [6.07, 6.45) is 62.6. The van der Waals surface area contributed by atoms with Gasteiger partial charge in [-0.1, -0.05) is 296 Å². The Balaban J connectivity index is 3.27. The van der Waals surface area contributed by atoms with Gasteiger partial charge in [-0.2, -0.15) is 0 Å². The number of carbonyl (C=O) groups excluding carboxylic acids is 1. The summed E-state index contributed by atoms with van der Waals surface area (Å²) < 4.78 is 0. The molecular weight excluding hydrogens is 699 g/mol. The molecule has 0 saturated carbocycles. The molecule has 2 unspecified atom stereocenters. The summed E-state index contributed by atoms with van der Waals surface area (Å²) in [5, 5.41) is 23.0. The van der Waals surface area contributed by atoms with Crippen LogP contribution in [0.3, 0.4) is 0 Å². The molecule has 0 heterocycles. The van der Waals surface area contributed by atoms with Crippen molar-refractivity contribution in [2.75, 3.05) is 6.61 Å². The van der Waals surface area contributed by atoms with Crippen LogP contribution in [0.1, 0.15) is 316 Å². The monoisotopic (exact) mass is 806 g/mol. The van der Waals surface area contributed by atoms with E-state index in [1.54, 1.807) is 0 Å². The molecule has 4 heteroatoms. The number of rotatable bonds is 50. The first-order valence-corrected chi connectivity index (χ1v) is 26.7. The predicted octanol–water partition coefficient (Wildman–Crippen LogP) is 17.2. The molecule has 0 aromatic carbocycles. The lowest BCUT2D eigenvalue weighted by molar-refractivity contribution is -0.123. The zero-order valence-electron chi connectivity index (χ0n) is 39.4. The summed E-state index contributed by atoms with van der Waals surface area (Å²) in [6, 6.07) is -0.528. The van der Waals surface area contributed by atoms with Crippen LogP contribution >= 0.6 is 0 Å². The maximum atomic E-state index is 12.4. The minimum Gasteiger partial charge on any atom is -0.394 e. The van der Waals surface area contributed by atoms with Crippen LogP contribution in [0.4, 0.5) is 0 Å². The minimum atomic E-state index is -0.651. The molecule has 3 N–H and O–H groups in total. The Morgan fingerprint density at radius 1 is 0.351 bits per heavy atom. The molecule has 4 nitrogen and oxygen atoms in total. The number of hydrogen-bond donors (Lipinski definition) is 3. The number of unbranched alkanes of at least 4 members (excludes halogenated alkanes) is 43. The molecule has 0 radical (unpaired) electrons. The largest absolute Gasteiger partial charge is 0.394 e. The summed E-state index contributed by atoms with van der Waals surface area (Å²) in [5.41, 5.74) is 0. The Hall–Kier alpha value is -0.610. The maximum absolute atomic E-state index is 12.4. The summed E-state index contributed by atoms with van der Waals surface area (Å²) >= 11 is 0. The van der Waals surface area contributed by atoms with E-state index < -0.39 is 12.1 Å². The van der Waals surface area contributed by atoms with Crippen molar-refractivity contribution < 1.29 is 15.0 Å². The minimum absolute atomic E-state index is 0.0275. The highest BCUT2D eigenvalue weighted by Gasteiger charge is 2.20. The summed E-state index contributed by atoms with van der Waals surface area (Å²) in [5.74, 6) is -0.0275. The second-order valence-corrected chi connectivity index (χ2v) is 18.7. The lowest BCUT2D eigenvalue weighted by Crippen LogP contribution is -2.45. The third kappa shape index (κ3) is 46.3. The number of aliphatic hydroxyl groups is 2. The Kier molecular flexibility index (Phi) is 49.2. The number of amides is 1. The smallest absolute Gasteiger partial charge is 0.220 e. The van der Waals surface area contributed by atoms with Gasteiger partial charge < -0.3 is 15.5 Å². The second-order valence-electron chi connectivity index (χ2n) is 18.7. The zero-order valence-corrected chi connectivity index (χ0v) is 39.4. The van der Waals surface area contributed by atoms with E-state index in [1.165, 1.54) is 263 Å². The highest BCUT2D eigenvalue weighted by molar-refractivity contribution is 5.76. The normalized spacial score (nSPS) is 12.7. The van der Waals surface area contributed by atoms with Crippen molar-refractivity contribution in [3.63, 3.8) is 0 Å².